The van der Waals surface area contributed by atoms with E-state index in [1.165, 1.54) is 5.56 Å². The van der Waals surface area contributed by atoms with Crippen molar-refractivity contribution in [1.82, 2.24) is 0 Å². The predicted molar refractivity (Wildman–Crippen MR) is 55.5 cm³/mol. The van der Waals surface area contributed by atoms with E-state index in [1.54, 1.807) is 16.7 Å². The molecule has 1 aromatic carbocycles. The molecule has 1 heterocycles. The Labute approximate surface area is 80.1 Å². The van der Waals surface area contributed by atoms with Gasteiger partial charge in [0.05, 0.1) is 0 Å². The van der Waals surface area contributed by atoms with Crippen molar-refractivity contribution in [1.29, 1.82) is 0 Å². The third kappa shape index (κ3) is 1.01. The molecule has 3 heteroatoms. The van der Waals surface area contributed by atoms with Crippen molar-refractivity contribution >= 4 is 34.1 Å². The van der Waals surface area contributed by atoms with Gasteiger partial charge in [-0.2, -0.15) is 0 Å². The van der Waals surface area contributed by atoms with Crippen molar-refractivity contribution in [2.75, 3.05) is 0 Å². The van der Waals surface area contributed by atoms with Crippen LogP contribution in [0.2, 0.25) is 0 Å². The lowest BCUT2D eigenvalue weighted by Crippen LogP contribution is -1.73. The first kappa shape index (κ1) is 7.95. The summed E-state index contributed by atoms with van der Waals surface area (Å²) >= 11 is 5.84. The maximum atomic E-state index is 9.48. The zero-order chi connectivity index (χ0) is 8.72. The van der Waals surface area contributed by atoms with Gasteiger partial charge in [-0.1, -0.05) is 6.07 Å². The SMILES string of the molecule is Cc1ccc(S)c2c(O)csc12. The number of fused-ring (bicyclic) bond motifs is 1. The number of aromatic hydroxyl groups is 1. The van der Waals surface area contributed by atoms with Crippen molar-refractivity contribution < 1.29 is 5.11 Å². The maximum Gasteiger partial charge on any atom is 0.135 e. The van der Waals surface area contributed by atoms with Gasteiger partial charge >= 0.3 is 0 Å². The minimum absolute atomic E-state index is 0.337. The Hall–Kier alpha value is -0.670. The number of benzene rings is 1. The van der Waals surface area contributed by atoms with Gasteiger partial charge in [0.25, 0.3) is 0 Å². The lowest BCUT2D eigenvalue weighted by molar-refractivity contribution is 0.483. The summed E-state index contributed by atoms with van der Waals surface area (Å²) in [7, 11) is 0. The molecule has 0 fully saturated rings. The van der Waals surface area contributed by atoms with Crippen molar-refractivity contribution in [3.8, 4) is 5.75 Å². The highest BCUT2D eigenvalue weighted by Crippen LogP contribution is 2.37. The largest absolute Gasteiger partial charge is 0.506 e. The monoisotopic (exact) mass is 196 g/mol. The molecule has 0 spiro atoms. The average Bonchev–Trinajstić information content (AvgIpc) is 2.42. The number of thiophene rings is 1. The van der Waals surface area contributed by atoms with E-state index >= 15 is 0 Å². The lowest BCUT2D eigenvalue weighted by Gasteiger charge is -1.98. The minimum Gasteiger partial charge on any atom is -0.506 e. The van der Waals surface area contributed by atoms with Crippen LogP contribution < -0.4 is 0 Å². The summed E-state index contributed by atoms with van der Waals surface area (Å²) < 4.78 is 1.13. The van der Waals surface area contributed by atoms with Gasteiger partial charge in [-0.3, -0.25) is 0 Å². The van der Waals surface area contributed by atoms with Crippen LogP contribution in [-0.2, 0) is 0 Å². The molecular formula is C9H8OS2. The Balaban J connectivity index is 2.98. The van der Waals surface area contributed by atoms with Crippen LogP contribution >= 0.6 is 24.0 Å². The Morgan fingerprint density at radius 1 is 1.42 bits per heavy atom. The number of rotatable bonds is 0. The first-order chi connectivity index (χ1) is 5.70. The molecule has 0 saturated heterocycles. The molecule has 0 unspecified atom stereocenters. The summed E-state index contributed by atoms with van der Waals surface area (Å²) in [5.74, 6) is 0.337. The second-order valence-corrected chi connectivity index (χ2v) is 4.09. The molecule has 0 radical (unpaired) electrons. The molecule has 0 bridgehead atoms. The molecule has 1 nitrogen and oxygen atoms in total. The topological polar surface area (TPSA) is 20.2 Å². The fraction of sp³-hybridized carbons (Fsp3) is 0.111. The second-order valence-electron chi connectivity index (χ2n) is 2.73. The number of hydrogen-bond acceptors (Lipinski definition) is 3. The average molecular weight is 196 g/mol. The first-order valence-electron chi connectivity index (χ1n) is 3.59. The molecule has 2 aromatic rings. The smallest absolute Gasteiger partial charge is 0.135 e. The molecule has 62 valence electrons. The summed E-state index contributed by atoms with van der Waals surface area (Å²) in [5.41, 5.74) is 1.19. The van der Waals surface area contributed by atoms with Crippen molar-refractivity contribution in [3.63, 3.8) is 0 Å². The van der Waals surface area contributed by atoms with Crippen LogP contribution in [0.25, 0.3) is 10.1 Å². The van der Waals surface area contributed by atoms with E-state index in [0.717, 1.165) is 15.0 Å². The van der Waals surface area contributed by atoms with Gasteiger partial charge in [-0.15, -0.1) is 24.0 Å². The summed E-state index contributed by atoms with van der Waals surface area (Å²) in [5, 5.41) is 12.1. The fourth-order valence-corrected chi connectivity index (χ4v) is 2.56. The Morgan fingerprint density at radius 2 is 2.17 bits per heavy atom. The number of hydrogen-bond donors (Lipinski definition) is 2. The van der Waals surface area contributed by atoms with Gasteiger partial charge in [-0.25, -0.2) is 0 Å². The zero-order valence-corrected chi connectivity index (χ0v) is 8.25. The van der Waals surface area contributed by atoms with Crippen LogP contribution in [0.1, 0.15) is 5.56 Å². The fourth-order valence-electron chi connectivity index (χ4n) is 1.25. The molecule has 0 amide bonds. The Morgan fingerprint density at radius 3 is 2.83 bits per heavy atom. The van der Waals surface area contributed by atoms with Gasteiger partial charge < -0.3 is 5.11 Å². The third-order valence-electron chi connectivity index (χ3n) is 1.88. The van der Waals surface area contributed by atoms with Crippen molar-refractivity contribution in [2.24, 2.45) is 0 Å². The van der Waals surface area contributed by atoms with Gasteiger partial charge in [0.2, 0.25) is 0 Å². The second kappa shape index (κ2) is 2.68. The highest BCUT2D eigenvalue weighted by atomic mass is 32.1. The quantitative estimate of drug-likeness (QED) is 0.620. The molecule has 12 heavy (non-hydrogen) atoms. The third-order valence-corrected chi connectivity index (χ3v) is 3.35. The van der Waals surface area contributed by atoms with Crippen LogP contribution in [0.3, 0.4) is 0 Å². The molecule has 2 rings (SSSR count). The lowest BCUT2D eigenvalue weighted by atomic mass is 10.2. The van der Waals surface area contributed by atoms with Crippen LogP contribution in [0.4, 0.5) is 0 Å². The molecular weight excluding hydrogens is 188 g/mol. The van der Waals surface area contributed by atoms with Crippen LogP contribution in [0.15, 0.2) is 22.4 Å². The Bertz CT molecular complexity index is 431. The highest BCUT2D eigenvalue weighted by Gasteiger charge is 2.07. The molecule has 0 saturated carbocycles. The summed E-state index contributed by atoms with van der Waals surface area (Å²) in [6.45, 7) is 2.03. The molecule has 1 aromatic heterocycles. The summed E-state index contributed by atoms with van der Waals surface area (Å²) in [6.07, 6.45) is 0. The van der Waals surface area contributed by atoms with Gasteiger partial charge in [0, 0.05) is 20.4 Å². The zero-order valence-electron chi connectivity index (χ0n) is 6.53. The van der Waals surface area contributed by atoms with Gasteiger partial charge in [0.1, 0.15) is 5.75 Å². The van der Waals surface area contributed by atoms with E-state index in [-0.39, 0.29) is 0 Å². The van der Waals surface area contributed by atoms with E-state index < -0.39 is 0 Å². The standard InChI is InChI=1S/C9H8OS2/c1-5-2-3-7(11)8-6(10)4-12-9(5)8/h2-4,10-11H,1H3. The maximum absolute atomic E-state index is 9.48. The summed E-state index contributed by atoms with van der Waals surface area (Å²) in [6, 6.07) is 3.92. The van der Waals surface area contributed by atoms with Gasteiger partial charge in [0.15, 0.2) is 0 Å². The van der Waals surface area contributed by atoms with E-state index in [1.807, 2.05) is 19.1 Å². The van der Waals surface area contributed by atoms with Gasteiger partial charge in [-0.05, 0) is 18.6 Å². The van der Waals surface area contributed by atoms with Crippen molar-refractivity contribution in [3.05, 3.63) is 23.1 Å². The number of thiol groups is 1. The molecule has 0 aliphatic carbocycles. The normalized spacial score (nSPS) is 10.8. The van der Waals surface area contributed by atoms with Crippen LogP contribution in [-0.4, -0.2) is 5.11 Å². The van der Waals surface area contributed by atoms with Crippen LogP contribution in [0.5, 0.6) is 5.75 Å². The molecule has 0 atom stereocenters. The predicted octanol–water partition coefficient (Wildman–Crippen LogP) is 3.20. The Kier molecular flexibility index (Phi) is 1.77. The van der Waals surface area contributed by atoms with E-state index in [2.05, 4.69) is 12.6 Å². The van der Waals surface area contributed by atoms with E-state index in [9.17, 15) is 5.11 Å². The molecule has 0 aliphatic heterocycles. The molecule has 0 aliphatic rings. The van der Waals surface area contributed by atoms with Crippen LogP contribution in [0, 0.1) is 6.92 Å². The molecule has 1 N–H and O–H groups in total. The first-order valence-corrected chi connectivity index (χ1v) is 4.91. The van der Waals surface area contributed by atoms with E-state index in [0.29, 0.717) is 5.75 Å². The highest BCUT2D eigenvalue weighted by molar-refractivity contribution is 7.80. The summed E-state index contributed by atoms with van der Waals surface area (Å²) in [4.78, 5) is 0.842. The van der Waals surface area contributed by atoms with E-state index in [4.69, 9.17) is 0 Å². The number of aryl methyl sites for hydroxylation is 1. The van der Waals surface area contributed by atoms with Crippen molar-refractivity contribution in [2.45, 2.75) is 11.8 Å². The minimum atomic E-state index is 0.337.